The van der Waals surface area contributed by atoms with Crippen LogP contribution in [0.25, 0.3) is 0 Å². The van der Waals surface area contributed by atoms with Crippen LogP contribution in [0.2, 0.25) is 5.02 Å². The Morgan fingerprint density at radius 1 is 1.52 bits per heavy atom. The zero-order valence-corrected chi connectivity index (χ0v) is 13.6. The molecule has 3 N–H and O–H groups in total. The van der Waals surface area contributed by atoms with Gasteiger partial charge in [0.05, 0.1) is 23.4 Å². The van der Waals surface area contributed by atoms with Crippen LogP contribution >= 0.6 is 11.6 Å². The molecule has 0 radical (unpaired) electrons. The summed E-state index contributed by atoms with van der Waals surface area (Å²) in [4.78, 5) is 11.9. The standard InChI is InChI=1S/C15H23ClN2O3/c1-5-10(2)15(3,20)9-17-14(19)18-13-8-11(21-4)6-7-12(13)16/h6-8,10,20H,5,9H2,1-4H3,(H2,17,18,19). The first kappa shape index (κ1) is 17.6. The quantitative estimate of drug-likeness (QED) is 0.754. The van der Waals surface area contributed by atoms with Gasteiger partial charge in [0.15, 0.2) is 0 Å². The van der Waals surface area contributed by atoms with Crippen LogP contribution in [0.4, 0.5) is 10.5 Å². The summed E-state index contributed by atoms with van der Waals surface area (Å²) in [7, 11) is 1.54. The van der Waals surface area contributed by atoms with Crippen LogP contribution in [0.5, 0.6) is 5.75 Å². The molecule has 0 heterocycles. The third-order valence-corrected chi connectivity index (χ3v) is 4.03. The molecule has 6 heteroatoms. The first-order chi connectivity index (χ1) is 9.80. The van der Waals surface area contributed by atoms with E-state index in [1.54, 1.807) is 25.1 Å². The van der Waals surface area contributed by atoms with Crippen molar-refractivity contribution in [1.82, 2.24) is 5.32 Å². The van der Waals surface area contributed by atoms with Gasteiger partial charge >= 0.3 is 6.03 Å². The van der Waals surface area contributed by atoms with Crippen LogP contribution in [0, 0.1) is 5.92 Å². The van der Waals surface area contributed by atoms with Crippen LogP contribution in [-0.4, -0.2) is 30.4 Å². The van der Waals surface area contributed by atoms with Gasteiger partial charge in [-0.1, -0.05) is 31.9 Å². The molecule has 1 aromatic rings. The average molecular weight is 315 g/mol. The highest BCUT2D eigenvalue weighted by molar-refractivity contribution is 6.33. The fourth-order valence-electron chi connectivity index (χ4n) is 1.77. The van der Waals surface area contributed by atoms with Gasteiger partial charge < -0.3 is 20.5 Å². The monoisotopic (exact) mass is 314 g/mol. The minimum absolute atomic E-state index is 0.0817. The maximum atomic E-state index is 11.9. The molecular formula is C15H23ClN2O3. The van der Waals surface area contributed by atoms with E-state index in [2.05, 4.69) is 10.6 Å². The van der Waals surface area contributed by atoms with E-state index in [1.165, 1.54) is 7.11 Å². The minimum Gasteiger partial charge on any atom is -0.497 e. The number of nitrogens with one attached hydrogen (secondary N) is 2. The molecule has 5 nitrogen and oxygen atoms in total. The van der Waals surface area contributed by atoms with Crippen molar-refractivity contribution in [2.24, 2.45) is 5.92 Å². The van der Waals surface area contributed by atoms with Crippen molar-refractivity contribution < 1.29 is 14.6 Å². The number of urea groups is 1. The normalized spacial score (nSPS) is 15.0. The van der Waals surface area contributed by atoms with E-state index in [9.17, 15) is 9.90 Å². The summed E-state index contributed by atoms with van der Waals surface area (Å²) in [6.45, 7) is 5.81. The number of carbonyl (C=O) groups is 1. The van der Waals surface area contributed by atoms with E-state index in [-0.39, 0.29) is 12.5 Å². The highest BCUT2D eigenvalue weighted by atomic mass is 35.5. The number of methoxy groups -OCH3 is 1. The van der Waals surface area contributed by atoms with Crippen LogP contribution in [0.1, 0.15) is 27.2 Å². The Bertz CT molecular complexity index is 492. The Morgan fingerprint density at radius 3 is 2.76 bits per heavy atom. The van der Waals surface area contributed by atoms with Crippen molar-refractivity contribution in [3.63, 3.8) is 0 Å². The summed E-state index contributed by atoms with van der Waals surface area (Å²) in [5, 5.41) is 16.0. The summed E-state index contributed by atoms with van der Waals surface area (Å²) in [5.41, 5.74) is -0.499. The first-order valence-corrected chi connectivity index (χ1v) is 7.28. The lowest BCUT2D eigenvalue weighted by molar-refractivity contribution is 0.00827. The number of benzene rings is 1. The van der Waals surface area contributed by atoms with Crippen molar-refractivity contribution in [3.8, 4) is 5.75 Å². The number of carbonyl (C=O) groups excluding carboxylic acids is 1. The molecule has 2 atom stereocenters. The predicted molar refractivity (Wildman–Crippen MR) is 85.1 cm³/mol. The third-order valence-electron chi connectivity index (χ3n) is 3.70. The number of rotatable bonds is 6. The van der Waals surface area contributed by atoms with Gasteiger partial charge in [-0.2, -0.15) is 0 Å². The largest absolute Gasteiger partial charge is 0.497 e. The van der Waals surface area contributed by atoms with Gasteiger partial charge in [-0.25, -0.2) is 4.79 Å². The van der Waals surface area contributed by atoms with Gasteiger partial charge in [0.1, 0.15) is 5.75 Å². The van der Waals surface area contributed by atoms with Crippen molar-refractivity contribution >= 4 is 23.3 Å². The molecule has 0 saturated carbocycles. The number of aliphatic hydroxyl groups is 1. The molecule has 1 aromatic carbocycles. The Kier molecular flexibility index (Phi) is 6.30. The third kappa shape index (κ3) is 5.10. The summed E-state index contributed by atoms with van der Waals surface area (Å²) in [5.74, 6) is 0.680. The van der Waals surface area contributed by atoms with Crippen LogP contribution in [0.3, 0.4) is 0 Å². The molecule has 0 aliphatic carbocycles. The number of anilines is 1. The molecule has 0 aliphatic heterocycles. The molecule has 1 rings (SSSR count). The van der Waals surface area contributed by atoms with Gasteiger partial charge in [-0.3, -0.25) is 0 Å². The molecule has 0 spiro atoms. The Hall–Kier alpha value is -1.46. The van der Waals surface area contributed by atoms with Gasteiger partial charge in [0.25, 0.3) is 0 Å². The molecule has 0 saturated heterocycles. The summed E-state index contributed by atoms with van der Waals surface area (Å²) in [6, 6.07) is 4.56. The van der Waals surface area contributed by atoms with E-state index < -0.39 is 11.6 Å². The second-order valence-electron chi connectivity index (χ2n) is 5.32. The molecule has 0 bridgehead atoms. The van der Waals surface area contributed by atoms with E-state index in [0.717, 1.165) is 6.42 Å². The fourth-order valence-corrected chi connectivity index (χ4v) is 1.93. The molecular weight excluding hydrogens is 292 g/mol. The number of halogens is 1. The smallest absolute Gasteiger partial charge is 0.319 e. The minimum atomic E-state index is -0.954. The molecule has 0 aliphatic rings. The lowest BCUT2D eigenvalue weighted by atomic mass is 9.89. The maximum Gasteiger partial charge on any atom is 0.319 e. The van der Waals surface area contributed by atoms with E-state index in [1.807, 2.05) is 13.8 Å². The molecule has 0 aromatic heterocycles. The predicted octanol–water partition coefficient (Wildman–Crippen LogP) is 3.27. The highest BCUT2D eigenvalue weighted by Crippen LogP contribution is 2.26. The van der Waals surface area contributed by atoms with Crippen LogP contribution < -0.4 is 15.4 Å². The molecule has 2 amide bonds. The lowest BCUT2D eigenvalue weighted by Crippen LogP contribution is -2.46. The van der Waals surface area contributed by atoms with Gasteiger partial charge in [-0.15, -0.1) is 0 Å². The molecule has 21 heavy (non-hydrogen) atoms. The van der Waals surface area contributed by atoms with Gasteiger partial charge in [0, 0.05) is 12.6 Å². The van der Waals surface area contributed by atoms with E-state index in [4.69, 9.17) is 16.3 Å². The molecule has 0 fully saturated rings. The second-order valence-corrected chi connectivity index (χ2v) is 5.73. The van der Waals surface area contributed by atoms with Crippen molar-refractivity contribution in [3.05, 3.63) is 23.2 Å². The van der Waals surface area contributed by atoms with Crippen molar-refractivity contribution in [2.75, 3.05) is 19.0 Å². The average Bonchev–Trinajstić information content (AvgIpc) is 2.46. The second kappa shape index (κ2) is 7.52. The zero-order valence-electron chi connectivity index (χ0n) is 12.9. The zero-order chi connectivity index (χ0) is 16.0. The fraction of sp³-hybridized carbons (Fsp3) is 0.533. The highest BCUT2D eigenvalue weighted by Gasteiger charge is 2.27. The number of ether oxygens (including phenoxy) is 1. The van der Waals surface area contributed by atoms with Crippen LogP contribution in [0.15, 0.2) is 18.2 Å². The van der Waals surface area contributed by atoms with Crippen molar-refractivity contribution in [1.29, 1.82) is 0 Å². The first-order valence-electron chi connectivity index (χ1n) is 6.91. The van der Waals surface area contributed by atoms with Gasteiger partial charge in [0.2, 0.25) is 0 Å². The summed E-state index contributed by atoms with van der Waals surface area (Å²) >= 11 is 6.01. The Labute approximate surface area is 130 Å². The summed E-state index contributed by atoms with van der Waals surface area (Å²) in [6.07, 6.45) is 0.831. The van der Waals surface area contributed by atoms with E-state index >= 15 is 0 Å². The van der Waals surface area contributed by atoms with Crippen LogP contribution in [-0.2, 0) is 0 Å². The molecule has 118 valence electrons. The van der Waals surface area contributed by atoms with Crippen molar-refractivity contribution in [2.45, 2.75) is 32.8 Å². The van der Waals surface area contributed by atoms with E-state index in [0.29, 0.717) is 16.5 Å². The van der Waals surface area contributed by atoms with Gasteiger partial charge in [-0.05, 0) is 25.0 Å². The SMILES string of the molecule is CCC(C)C(C)(O)CNC(=O)Nc1cc(OC)ccc1Cl. The Balaban J connectivity index is 2.62. The topological polar surface area (TPSA) is 70.6 Å². The number of amides is 2. The maximum absolute atomic E-state index is 11.9. The number of hydrogen-bond acceptors (Lipinski definition) is 3. The molecule has 2 unspecified atom stereocenters. The Morgan fingerprint density at radius 2 is 2.19 bits per heavy atom. The number of hydrogen-bond donors (Lipinski definition) is 3. The summed E-state index contributed by atoms with van der Waals surface area (Å²) < 4.78 is 5.08. The lowest BCUT2D eigenvalue weighted by Gasteiger charge is -2.29.